The minimum atomic E-state index is -0.555. The fourth-order valence-corrected chi connectivity index (χ4v) is 2.74. The van der Waals surface area contributed by atoms with Crippen LogP contribution in [0.3, 0.4) is 0 Å². The molecule has 1 N–H and O–H groups in total. The lowest BCUT2D eigenvalue weighted by atomic mass is 10.2. The number of carbonyl (C=O) groups is 2. The van der Waals surface area contributed by atoms with Crippen LogP contribution in [0.1, 0.15) is 12.5 Å². The Labute approximate surface area is 151 Å². The van der Waals surface area contributed by atoms with Crippen molar-refractivity contribution in [1.82, 2.24) is 5.32 Å². The van der Waals surface area contributed by atoms with E-state index in [-0.39, 0.29) is 5.91 Å². The first-order chi connectivity index (χ1) is 12.5. The van der Waals surface area contributed by atoms with Gasteiger partial charge in [0.15, 0.2) is 0 Å². The quantitative estimate of drug-likeness (QED) is 0.806. The lowest BCUT2D eigenvalue weighted by Gasteiger charge is -2.19. The SMILES string of the molecule is COc1cc(COc2cccc(N3C(=O)NC(=O)C3C)c2)cc(OC)c1. The Morgan fingerprint density at radius 2 is 1.69 bits per heavy atom. The summed E-state index contributed by atoms with van der Waals surface area (Å²) in [6.07, 6.45) is 0. The minimum Gasteiger partial charge on any atom is -0.497 e. The number of nitrogens with one attached hydrogen (secondary N) is 1. The van der Waals surface area contributed by atoms with Crippen molar-refractivity contribution in [1.29, 1.82) is 0 Å². The van der Waals surface area contributed by atoms with E-state index < -0.39 is 12.1 Å². The summed E-state index contributed by atoms with van der Waals surface area (Å²) < 4.78 is 16.3. The van der Waals surface area contributed by atoms with Crippen LogP contribution in [0.15, 0.2) is 42.5 Å². The molecule has 1 atom stereocenters. The summed E-state index contributed by atoms with van der Waals surface area (Å²) in [4.78, 5) is 25.0. The number of rotatable bonds is 6. The third-order valence-corrected chi connectivity index (χ3v) is 4.13. The fraction of sp³-hybridized carbons (Fsp3) is 0.263. The van der Waals surface area contributed by atoms with E-state index in [1.165, 1.54) is 4.90 Å². The average Bonchev–Trinajstić information content (AvgIpc) is 2.91. The summed E-state index contributed by atoms with van der Waals surface area (Å²) in [6.45, 7) is 1.98. The zero-order valence-corrected chi connectivity index (χ0v) is 14.8. The lowest BCUT2D eigenvalue weighted by Crippen LogP contribution is -2.32. The van der Waals surface area contributed by atoms with E-state index in [0.717, 1.165) is 5.56 Å². The molecular weight excluding hydrogens is 336 g/mol. The molecule has 136 valence electrons. The van der Waals surface area contributed by atoms with Gasteiger partial charge >= 0.3 is 6.03 Å². The second-order valence-electron chi connectivity index (χ2n) is 5.85. The van der Waals surface area contributed by atoms with Gasteiger partial charge in [-0.1, -0.05) is 6.07 Å². The fourth-order valence-electron chi connectivity index (χ4n) is 2.74. The third-order valence-electron chi connectivity index (χ3n) is 4.13. The normalized spacial score (nSPS) is 16.4. The summed E-state index contributed by atoms with van der Waals surface area (Å²) in [5.74, 6) is 1.63. The molecule has 1 unspecified atom stereocenters. The van der Waals surface area contributed by atoms with Crippen LogP contribution in [-0.2, 0) is 11.4 Å². The van der Waals surface area contributed by atoms with Crippen molar-refractivity contribution in [2.75, 3.05) is 19.1 Å². The second kappa shape index (κ2) is 7.35. The molecular formula is C19H20N2O5. The van der Waals surface area contributed by atoms with Crippen LogP contribution >= 0.6 is 0 Å². The van der Waals surface area contributed by atoms with Gasteiger partial charge in [-0.2, -0.15) is 0 Å². The molecule has 26 heavy (non-hydrogen) atoms. The number of amides is 3. The Morgan fingerprint density at radius 3 is 2.27 bits per heavy atom. The number of ether oxygens (including phenoxy) is 3. The molecule has 1 fully saturated rings. The van der Waals surface area contributed by atoms with Crippen molar-refractivity contribution >= 4 is 17.6 Å². The number of nitrogens with zero attached hydrogens (tertiary/aromatic N) is 1. The predicted octanol–water partition coefficient (Wildman–Crippen LogP) is 2.73. The zero-order chi connectivity index (χ0) is 18.7. The molecule has 0 aromatic heterocycles. The number of hydrogen-bond acceptors (Lipinski definition) is 5. The van der Waals surface area contributed by atoms with Crippen LogP contribution in [0.2, 0.25) is 0 Å². The van der Waals surface area contributed by atoms with Gasteiger partial charge in [-0.05, 0) is 36.8 Å². The van der Waals surface area contributed by atoms with Gasteiger partial charge in [0.1, 0.15) is 29.9 Å². The third kappa shape index (κ3) is 3.56. The first kappa shape index (κ1) is 17.6. The van der Waals surface area contributed by atoms with E-state index in [1.54, 1.807) is 51.5 Å². The van der Waals surface area contributed by atoms with E-state index in [0.29, 0.717) is 29.5 Å². The average molecular weight is 356 g/mol. The smallest absolute Gasteiger partial charge is 0.329 e. The number of carbonyl (C=O) groups excluding carboxylic acids is 2. The van der Waals surface area contributed by atoms with Crippen LogP contribution in [-0.4, -0.2) is 32.2 Å². The molecule has 1 heterocycles. The first-order valence-corrected chi connectivity index (χ1v) is 8.10. The van der Waals surface area contributed by atoms with E-state index in [2.05, 4.69) is 5.32 Å². The van der Waals surface area contributed by atoms with Gasteiger partial charge in [-0.3, -0.25) is 15.0 Å². The van der Waals surface area contributed by atoms with E-state index in [1.807, 2.05) is 12.1 Å². The highest BCUT2D eigenvalue weighted by Crippen LogP contribution is 2.27. The van der Waals surface area contributed by atoms with Crippen molar-refractivity contribution in [3.05, 3.63) is 48.0 Å². The van der Waals surface area contributed by atoms with Gasteiger partial charge in [0.2, 0.25) is 0 Å². The van der Waals surface area contributed by atoms with Crippen LogP contribution in [0.5, 0.6) is 17.2 Å². The maximum absolute atomic E-state index is 12.0. The Balaban J connectivity index is 1.76. The molecule has 0 aliphatic carbocycles. The highest BCUT2D eigenvalue weighted by molar-refractivity contribution is 6.14. The number of hydrogen-bond donors (Lipinski definition) is 1. The van der Waals surface area contributed by atoms with Crippen LogP contribution in [0, 0.1) is 0 Å². The Morgan fingerprint density at radius 1 is 1.00 bits per heavy atom. The van der Waals surface area contributed by atoms with Gasteiger partial charge in [-0.25, -0.2) is 4.79 Å². The molecule has 7 heteroatoms. The van der Waals surface area contributed by atoms with Crippen LogP contribution in [0.4, 0.5) is 10.5 Å². The number of urea groups is 1. The molecule has 1 saturated heterocycles. The second-order valence-corrected chi connectivity index (χ2v) is 5.85. The molecule has 0 radical (unpaired) electrons. The van der Waals surface area contributed by atoms with Crippen molar-refractivity contribution in [2.24, 2.45) is 0 Å². The van der Waals surface area contributed by atoms with Crippen molar-refractivity contribution in [3.8, 4) is 17.2 Å². The summed E-state index contributed by atoms with van der Waals surface area (Å²) in [6, 6.07) is 11.6. The van der Waals surface area contributed by atoms with E-state index in [4.69, 9.17) is 14.2 Å². The summed E-state index contributed by atoms with van der Waals surface area (Å²) in [7, 11) is 3.18. The predicted molar refractivity (Wildman–Crippen MR) is 95.8 cm³/mol. The summed E-state index contributed by atoms with van der Waals surface area (Å²) in [5, 5.41) is 2.30. The maximum atomic E-state index is 12.0. The molecule has 2 aromatic carbocycles. The Bertz CT molecular complexity index is 814. The minimum absolute atomic E-state index is 0.303. The summed E-state index contributed by atoms with van der Waals surface area (Å²) in [5.41, 5.74) is 1.48. The number of imide groups is 1. The van der Waals surface area contributed by atoms with Gasteiger partial charge in [0, 0.05) is 12.1 Å². The monoisotopic (exact) mass is 356 g/mol. The highest BCUT2D eigenvalue weighted by atomic mass is 16.5. The molecule has 3 amide bonds. The molecule has 1 aliphatic heterocycles. The van der Waals surface area contributed by atoms with Gasteiger partial charge < -0.3 is 14.2 Å². The molecule has 0 spiro atoms. The molecule has 7 nitrogen and oxygen atoms in total. The summed E-state index contributed by atoms with van der Waals surface area (Å²) >= 11 is 0. The molecule has 1 aliphatic rings. The van der Waals surface area contributed by atoms with Gasteiger partial charge in [0.05, 0.1) is 19.9 Å². The number of anilines is 1. The van der Waals surface area contributed by atoms with E-state index >= 15 is 0 Å². The molecule has 2 aromatic rings. The number of methoxy groups -OCH3 is 2. The van der Waals surface area contributed by atoms with Gasteiger partial charge in [0.25, 0.3) is 5.91 Å². The highest BCUT2D eigenvalue weighted by Gasteiger charge is 2.36. The van der Waals surface area contributed by atoms with Crippen LogP contribution < -0.4 is 24.4 Å². The zero-order valence-electron chi connectivity index (χ0n) is 14.8. The topological polar surface area (TPSA) is 77.1 Å². The molecule has 0 saturated carbocycles. The Hall–Kier alpha value is -3.22. The van der Waals surface area contributed by atoms with Crippen molar-refractivity contribution in [2.45, 2.75) is 19.6 Å². The van der Waals surface area contributed by atoms with Gasteiger partial charge in [-0.15, -0.1) is 0 Å². The standard InChI is InChI=1S/C19H20N2O5/c1-12-18(22)20-19(23)21(12)14-5-4-6-15(9-14)26-11-13-7-16(24-2)10-17(8-13)25-3/h4-10,12H,11H2,1-3H3,(H,20,22,23). The first-order valence-electron chi connectivity index (χ1n) is 8.10. The van der Waals surface area contributed by atoms with E-state index in [9.17, 15) is 9.59 Å². The number of benzene rings is 2. The largest absolute Gasteiger partial charge is 0.497 e. The molecule has 3 rings (SSSR count). The van der Waals surface area contributed by atoms with Crippen molar-refractivity contribution < 1.29 is 23.8 Å². The molecule has 0 bridgehead atoms. The Kier molecular flexibility index (Phi) is 4.97. The van der Waals surface area contributed by atoms with Crippen LogP contribution in [0.25, 0.3) is 0 Å². The van der Waals surface area contributed by atoms with Crippen molar-refractivity contribution in [3.63, 3.8) is 0 Å². The lowest BCUT2D eigenvalue weighted by molar-refractivity contribution is -0.119. The maximum Gasteiger partial charge on any atom is 0.329 e.